The fourth-order valence-electron chi connectivity index (χ4n) is 2.63. The number of hydrogen-bond donors (Lipinski definition) is 1. The van der Waals surface area contributed by atoms with Gasteiger partial charge in [-0.15, -0.1) is 11.3 Å². The van der Waals surface area contributed by atoms with E-state index in [1.807, 2.05) is 4.72 Å². The first kappa shape index (κ1) is 16.0. The van der Waals surface area contributed by atoms with Crippen molar-refractivity contribution in [3.8, 4) is 5.75 Å². The summed E-state index contributed by atoms with van der Waals surface area (Å²) in [6, 6.07) is 8.67. The van der Waals surface area contributed by atoms with Gasteiger partial charge in [0.15, 0.2) is 6.10 Å². The van der Waals surface area contributed by atoms with Crippen LogP contribution in [0.5, 0.6) is 5.75 Å². The predicted molar refractivity (Wildman–Crippen MR) is 89.5 cm³/mol. The average Bonchev–Trinajstić information content (AvgIpc) is 3.21. The Bertz CT molecular complexity index is 1090. The third-order valence-corrected chi connectivity index (χ3v) is 6.01. The summed E-state index contributed by atoms with van der Waals surface area (Å²) < 4.78 is 46.6. The Kier molecular flexibility index (Phi) is 3.69. The molecule has 2 aromatic carbocycles. The van der Waals surface area contributed by atoms with Crippen molar-refractivity contribution in [2.24, 2.45) is 0 Å². The van der Waals surface area contributed by atoms with Crippen molar-refractivity contribution in [3.63, 3.8) is 0 Å². The highest BCUT2D eigenvalue weighted by atomic mass is 32.2. The number of halogens is 1. The van der Waals surface area contributed by atoms with Gasteiger partial charge in [-0.05, 0) is 30.3 Å². The van der Waals surface area contributed by atoms with Crippen molar-refractivity contribution in [3.05, 3.63) is 53.3 Å². The van der Waals surface area contributed by atoms with E-state index in [-0.39, 0.29) is 22.6 Å². The summed E-state index contributed by atoms with van der Waals surface area (Å²) in [6.45, 7) is 0. The molecule has 6 nitrogen and oxygen atoms in total. The molecule has 25 heavy (non-hydrogen) atoms. The van der Waals surface area contributed by atoms with Gasteiger partial charge in [-0.2, -0.15) is 0 Å². The molecule has 0 bridgehead atoms. The Balaban J connectivity index is 1.55. The van der Waals surface area contributed by atoms with E-state index in [1.165, 1.54) is 41.7 Å². The highest BCUT2D eigenvalue weighted by Gasteiger charge is 2.33. The lowest BCUT2D eigenvalue weighted by Crippen LogP contribution is -2.40. The third-order valence-electron chi connectivity index (χ3n) is 3.88. The van der Waals surface area contributed by atoms with Crippen LogP contribution in [0.2, 0.25) is 0 Å². The van der Waals surface area contributed by atoms with E-state index in [1.54, 1.807) is 11.6 Å². The normalized spacial score (nSPS) is 16.4. The summed E-state index contributed by atoms with van der Waals surface area (Å²) in [7, 11) is -4.06. The van der Waals surface area contributed by atoms with E-state index >= 15 is 0 Å². The number of nitrogens with zero attached hydrogens (tertiary/aromatic N) is 1. The van der Waals surface area contributed by atoms with E-state index < -0.39 is 27.9 Å². The lowest BCUT2D eigenvalue weighted by Gasteiger charge is -2.12. The molecular formula is C16H11FN2O4S2. The molecule has 1 aliphatic heterocycles. The second-order valence-electron chi connectivity index (χ2n) is 5.48. The SMILES string of the molecule is O=C(NS(=O)(=O)c1ccc2ncsc2c1)C1Cc2c(F)cccc2O1. The topological polar surface area (TPSA) is 85.4 Å². The van der Waals surface area contributed by atoms with E-state index in [0.29, 0.717) is 10.2 Å². The number of benzene rings is 2. The summed E-state index contributed by atoms with van der Waals surface area (Å²) >= 11 is 1.30. The Hall–Kier alpha value is -2.52. The molecule has 3 aromatic rings. The van der Waals surface area contributed by atoms with Gasteiger partial charge in [0, 0.05) is 12.0 Å². The van der Waals surface area contributed by atoms with Crippen LogP contribution in [0.4, 0.5) is 4.39 Å². The Morgan fingerprint density at radius 1 is 1.32 bits per heavy atom. The van der Waals surface area contributed by atoms with Gasteiger partial charge in [0.05, 0.1) is 20.6 Å². The van der Waals surface area contributed by atoms with Crippen LogP contribution in [0.3, 0.4) is 0 Å². The first-order valence-corrected chi connectivity index (χ1v) is 9.64. The minimum absolute atomic E-state index is 0.0166. The standard InChI is InChI=1S/C16H11FN2O4S2/c17-11-2-1-3-13-10(11)7-14(23-13)16(20)19-25(21,22)9-4-5-12-15(6-9)24-8-18-12/h1-6,8,14H,7H2,(H,19,20). The van der Waals surface area contributed by atoms with Crippen molar-refractivity contribution in [1.29, 1.82) is 0 Å². The van der Waals surface area contributed by atoms with E-state index in [0.717, 1.165) is 0 Å². The minimum Gasteiger partial charge on any atom is -0.480 e. The zero-order chi connectivity index (χ0) is 17.6. The van der Waals surface area contributed by atoms with Gasteiger partial charge in [0.25, 0.3) is 15.9 Å². The lowest BCUT2D eigenvalue weighted by atomic mass is 10.1. The summed E-state index contributed by atoms with van der Waals surface area (Å²) in [5.74, 6) is -1.06. The van der Waals surface area contributed by atoms with Crippen molar-refractivity contribution in [2.75, 3.05) is 0 Å². The number of aromatic nitrogens is 1. The molecule has 9 heteroatoms. The van der Waals surface area contributed by atoms with Crippen LogP contribution in [-0.2, 0) is 21.2 Å². The van der Waals surface area contributed by atoms with Crippen molar-refractivity contribution in [1.82, 2.24) is 9.71 Å². The van der Waals surface area contributed by atoms with Gasteiger partial charge < -0.3 is 4.74 Å². The number of fused-ring (bicyclic) bond motifs is 2. The molecule has 2 heterocycles. The van der Waals surface area contributed by atoms with Crippen LogP contribution < -0.4 is 9.46 Å². The smallest absolute Gasteiger partial charge is 0.275 e. The number of rotatable bonds is 3. The van der Waals surface area contributed by atoms with Gasteiger partial charge in [0.2, 0.25) is 0 Å². The lowest BCUT2D eigenvalue weighted by molar-refractivity contribution is -0.125. The van der Waals surface area contributed by atoms with Gasteiger partial charge in [0.1, 0.15) is 11.6 Å². The highest BCUT2D eigenvalue weighted by Crippen LogP contribution is 2.31. The number of carbonyl (C=O) groups excluding carboxylic acids is 1. The molecule has 128 valence electrons. The van der Waals surface area contributed by atoms with Crippen LogP contribution in [0.1, 0.15) is 5.56 Å². The highest BCUT2D eigenvalue weighted by molar-refractivity contribution is 7.90. The first-order chi connectivity index (χ1) is 11.9. The maximum Gasteiger partial charge on any atom is 0.275 e. The Morgan fingerprint density at radius 3 is 2.96 bits per heavy atom. The number of carbonyl (C=O) groups is 1. The number of sulfonamides is 1. The molecule has 0 saturated heterocycles. The summed E-state index contributed by atoms with van der Waals surface area (Å²) in [5.41, 5.74) is 2.56. The molecule has 1 N–H and O–H groups in total. The zero-order valence-corrected chi connectivity index (χ0v) is 14.2. The summed E-state index contributed by atoms with van der Waals surface area (Å²) in [6.07, 6.45) is -1.11. The maximum absolute atomic E-state index is 13.7. The molecule has 0 radical (unpaired) electrons. The Labute approximate surface area is 146 Å². The second-order valence-corrected chi connectivity index (χ2v) is 8.05. The largest absolute Gasteiger partial charge is 0.480 e. The molecular weight excluding hydrogens is 367 g/mol. The zero-order valence-electron chi connectivity index (χ0n) is 12.6. The summed E-state index contributed by atoms with van der Waals surface area (Å²) in [5, 5.41) is 0. The van der Waals surface area contributed by atoms with Crippen LogP contribution >= 0.6 is 11.3 Å². The number of thiazole rings is 1. The third kappa shape index (κ3) is 2.85. The molecule has 0 saturated carbocycles. The van der Waals surface area contributed by atoms with Crippen LogP contribution in [-0.4, -0.2) is 25.4 Å². The average molecular weight is 378 g/mol. The number of hydrogen-bond acceptors (Lipinski definition) is 6. The van der Waals surface area contributed by atoms with E-state index in [2.05, 4.69) is 4.98 Å². The molecule has 1 unspecified atom stereocenters. The molecule has 1 aliphatic rings. The fourth-order valence-corrected chi connectivity index (χ4v) is 4.46. The number of amides is 1. The molecule has 4 rings (SSSR count). The molecule has 0 fully saturated rings. The maximum atomic E-state index is 13.7. The number of ether oxygens (including phenoxy) is 1. The molecule has 0 spiro atoms. The quantitative estimate of drug-likeness (QED) is 0.756. The van der Waals surface area contributed by atoms with Crippen LogP contribution in [0.15, 0.2) is 46.8 Å². The van der Waals surface area contributed by atoms with Gasteiger partial charge in [-0.1, -0.05) is 6.07 Å². The molecule has 1 amide bonds. The van der Waals surface area contributed by atoms with Gasteiger partial charge >= 0.3 is 0 Å². The summed E-state index contributed by atoms with van der Waals surface area (Å²) in [4.78, 5) is 16.3. The second kappa shape index (κ2) is 5.78. The molecule has 1 aromatic heterocycles. The van der Waals surface area contributed by atoms with Crippen LogP contribution in [0, 0.1) is 5.82 Å². The number of nitrogens with one attached hydrogen (secondary N) is 1. The van der Waals surface area contributed by atoms with Crippen LogP contribution in [0.25, 0.3) is 10.2 Å². The monoisotopic (exact) mass is 378 g/mol. The van der Waals surface area contributed by atoms with Crippen molar-refractivity contribution >= 4 is 37.5 Å². The molecule has 0 aliphatic carbocycles. The van der Waals surface area contributed by atoms with E-state index in [4.69, 9.17) is 4.74 Å². The molecule has 1 atom stereocenters. The van der Waals surface area contributed by atoms with Crippen molar-refractivity contribution in [2.45, 2.75) is 17.4 Å². The first-order valence-electron chi connectivity index (χ1n) is 7.28. The van der Waals surface area contributed by atoms with Gasteiger partial charge in [-0.25, -0.2) is 22.5 Å². The predicted octanol–water partition coefficient (Wildman–Crippen LogP) is 2.24. The van der Waals surface area contributed by atoms with Gasteiger partial charge in [-0.3, -0.25) is 4.79 Å². The Morgan fingerprint density at radius 2 is 2.16 bits per heavy atom. The van der Waals surface area contributed by atoms with E-state index in [9.17, 15) is 17.6 Å². The fraction of sp³-hybridized carbons (Fsp3) is 0.125. The minimum atomic E-state index is -4.06. The van der Waals surface area contributed by atoms with Crippen molar-refractivity contribution < 1.29 is 22.3 Å².